The highest BCUT2D eigenvalue weighted by Gasteiger charge is 2.20. The van der Waals surface area contributed by atoms with E-state index in [1.54, 1.807) is 7.11 Å². The van der Waals surface area contributed by atoms with Gasteiger partial charge in [-0.15, -0.1) is 0 Å². The van der Waals surface area contributed by atoms with Crippen molar-refractivity contribution in [3.8, 4) is 11.1 Å². The topological polar surface area (TPSA) is 41.6 Å². The summed E-state index contributed by atoms with van der Waals surface area (Å²) in [6.45, 7) is 1.19. The number of thiol groups is 1. The smallest absolute Gasteiger partial charge is 0.331 e. The number of nitrogens with one attached hydrogen (secondary N) is 1. The Hall–Kier alpha value is -1.50. The molecule has 0 saturated heterocycles. The summed E-state index contributed by atoms with van der Waals surface area (Å²) in [4.78, 5) is 12.2. The van der Waals surface area contributed by atoms with E-state index in [1.165, 1.54) is 26.6 Å². The van der Waals surface area contributed by atoms with E-state index in [0.29, 0.717) is 13.2 Å². The number of hydrogen-bond acceptors (Lipinski definition) is 3. The van der Waals surface area contributed by atoms with E-state index in [4.69, 9.17) is 4.74 Å². The number of amides is 2. The number of anilines is 1. The number of rotatable bonds is 5. The van der Waals surface area contributed by atoms with Crippen LogP contribution in [0.2, 0.25) is 0 Å². The van der Waals surface area contributed by atoms with Crippen LogP contribution in [0.4, 0.5) is 10.5 Å². The van der Waals surface area contributed by atoms with Gasteiger partial charge >= 0.3 is 6.03 Å². The van der Waals surface area contributed by atoms with Gasteiger partial charge in [0.15, 0.2) is 0 Å². The minimum Gasteiger partial charge on any atom is -0.385 e. The van der Waals surface area contributed by atoms with E-state index in [-0.39, 0.29) is 6.03 Å². The first-order valence-electron chi connectivity index (χ1n) is 7.77. The number of ether oxygens (including phenoxy) is 1. The van der Waals surface area contributed by atoms with Crippen LogP contribution in [0.5, 0.6) is 0 Å². The summed E-state index contributed by atoms with van der Waals surface area (Å²) in [5.41, 5.74) is 5.77. The van der Waals surface area contributed by atoms with Crippen molar-refractivity contribution in [2.24, 2.45) is 0 Å². The number of urea groups is 1. The van der Waals surface area contributed by atoms with Crippen LogP contribution in [-0.2, 0) is 11.2 Å². The maximum atomic E-state index is 12.2. The lowest BCUT2D eigenvalue weighted by Gasteiger charge is -2.17. The first-order chi connectivity index (χ1) is 11.6. The van der Waals surface area contributed by atoms with Crippen molar-refractivity contribution < 1.29 is 9.53 Å². The number of halogens is 1. The number of carbonyl (C=O) groups excluding carboxylic acids is 1. The van der Waals surface area contributed by atoms with Crippen molar-refractivity contribution in [2.45, 2.75) is 12.8 Å². The second-order valence-electron chi connectivity index (χ2n) is 5.71. The van der Waals surface area contributed by atoms with Crippen molar-refractivity contribution in [1.29, 1.82) is 0 Å². The molecule has 1 aliphatic carbocycles. The third kappa shape index (κ3) is 3.61. The fourth-order valence-corrected chi connectivity index (χ4v) is 3.50. The number of methoxy groups -OCH3 is 1. The highest BCUT2D eigenvalue weighted by molar-refractivity contribution is 9.10. The fraction of sp³-hybridized carbons (Fsp3) is 0.278. The molecular formula is C18H19BrN2O2S. The molecule has 4 nitrogen and oxygen atoms in total. The van der Waals surface area contributed by atoms with Gasteiger partial charge < -0.3 is 10.1 Å². The summed E-state index contributed by atoms with van der Waals surface area (Å²) in [7, 11) is 1.65. The Morgan fingerprint density at radius 3 is 2.71 bits per heavy atom. The molecule has 0 heterocycles. The second kappa shape index (κ2) is 7.59. The van der Waals surface area contributed by atoms with E-state index in [2.05, 4.69) is 58.3 Å². The molecular weight excluding hydrogens is 388 g/mol. The predicted molar refractivity (Wildman–Crippen MR) is 104 cm³/mol. The van der Waals surface area contributed by atoms with Gasteiger partial charge in [0, 0.05) is 24.7 Å². The van der Waals surface area contributed by atoms with Crippen LogP contribution in [-0.4, -0.2) is 26.3 Å². The van der Waals surface area contributed by atoms with Crippen LogP contribution in [0.15, 0.2) is 40.9 Å². The molecule has 0 fully saturated rings. The standard InChI is InChI=1S/C18H19BrN2O2S/c1-23-8-2-7-20-18(22)21(24)15-4-6-17-13(11-15)9-12-10-14(19)3-5-16(12)17/h3-6,10-11,24H,2,7-9H2,1H3,(H,20,22). The molecule has 1 N–H and O–H groups in total. The zero-order valence-electron chi connectivity index (χ0n) is 13.4. The number of carbonyl (C=O) groups is 1. The molecule has 0 spiro atoms. The van der Waals surface area contributed by atoms with Crippen LogP contribution in [0.3, 0.4) is 0 Å². The average Bonchev–Trinajstić information content (AvgIpc) is 2.94. The zero-order chi connectivity index (χ0) is 17.1. The monoisotopic (exact) mass is 406 g/mol. The third-order valence-electron chi connectivity index (χ3n) is 4.07. The van der Waals surface area contributed by atoms with Crippen molar-refractivity contribution >= 4 is 40.5 Å². The molecule has 0 saturated carbocycles. The molecule has 0 radical (unpaired) electrons. The summed E-state index contributed by atoms with van der Waals surface area (Å²) < 4.78 is 7.41. The van der Waals surface area contributed by atoms with Crippen LogP contribution in [0, 0.1) is 0 Å². The molecule has 2 aromatic rings. The van der Waals surface area contributed by atoms with Crippen LogP contribution < -0.4 is 9.62 Å². The van der Waals surface area contributed by atoms with Gasteiger partial charge in [-0.25, -0.2) is 9.10 Å². The van der Waals surface area contributed by atoms with Crippen molar-refractivity contribution in [3.63, 3.8) is 0 Å². The van der Waals surface area contributed by atoms with Gasteiger partial charge in [-0.05, 0) is 59.4 Å². The molecule has 2 amide bonds. The van der Waals surface area contributed by atoms with Gasteiger partial charge in [0.2, 0.25) is 0 Å². The van der Waals surface area contributed by atoms with Gasteiger partial charge in [-0.1, -0.05) is 40.9 Å². The number of fused-ring (bicyclic) bond motifs is 3. The van der Waals surface area contributed by atoms with Crippen LogP contribution >= 0.6 is 28.7 Å². The van der Waals surface area contributed by atoms with Crippen molar-refractivity contribution in [1.82, 2.24) is 5.32 Å². The normalized spacial score (nSPS) is 11.8. The fourth-order valence-electron chi connectivity index (χ4n) is 2.90. The molecule has 0 aliphatic heterocycles. The highest BCUT2D eigenvalue weighted by Crippen LogP contribution is 2.39. The first kappa shape index (κ1) is 17.3. The number of nitrogens with zero attached hydrogens (tertiary/aromatic N) is 1. The van der Waals surface area contributed by atoms with Gasteiger partial charge in [-0.3, -0.25) is 0 Å². The molecule has 0 unspecified atom stereocenters. The maximum absolute atomic E-state index is 12.2. The van der Waals surface area contributed by atoms with E-state index < -0.39 is 0 Å². The second-order valence-corrected chi connectivity index (χ2v) is 7.03. The molecule has 1 aliphatic rings. The Morgan fingerprint density at radius 2 is 1.96 bits per heavy atom. The lowest BCUT2D eigenvalue weighted by atomic mass is 10.1. The van der Waals surface area contributed by atoms with Crippen molar-refractivity contribution in [3.05, 3.63) is 52.0 Å². The summed E-state index contributed by atoms with van der Waals surface area (Å²) in [6, 6.07) is 12.1. The summed E-state index contributed by atoms with van der Waals surface area (Å²) in [5.74, 6) is 0. The summed E-state index contributed by atoms with van der Waals surface area (Å²) in [5, 5.41) is 2.83. The SMILES string of the molecule is COCCCNC(=O)N(S)c1ccc2c(c1)Cc1cc(Br)ccc1-2. The Morgan fingerprint density at radius 1 is 1.25 bits per heavy atom. The molecule has 3 rings (SSSR count). The third-order valence-corrected chi connectivity index (χ3v) is 4.97. The minimum absolute atomic E-state index is 0.229. The number of benzene rings is 2. The highest BCUT2D eigenvalue weighted by atomic mass is 79.9. The Bertz CT molecular complexity index is 767. The molecule has 0 atom stereocenters. The first-order valence-corrected chi connectivity index (χ1v) is 8.97. The summed E-state index contributed by atoms with van der Waals surface area (Å²) in [6.07, 6.45) is 1.65. The number of hydrogen-bond donors (Lipinski definition) is 2. The van der Waals surface area contributed by atoms with E-state index in [1.807, 2.05) is 12.1 Å². The van der Waals surface area contributed by atoms with Crippen LogP contribution in [0.1, 0.15) is 17.5 Å². The lowest BCUT2D eigenvalue weighted by molar-refractivity contribution is 0.194. The van der Waals surface area contributed by atoms with E-state index >= 15 is 0 Å². The van der Waals surface area contributed by atoms with E-state index in [0.717, 1.165) is 23.0 Å². The van der Waals surface area contributed by atoms with Crippen molar-refractivity contribution in [2.75, 3.05) is 24.6 Å². The maximum Gasteiger partial charge on any atom is 0.331 e. The molecule has 24 heavy (non-hydrogen) atoms. The largest absolute Gasteiger partial charge is 0.385 e. The molecule has 0 aromatic heterocycles. The van der Waals surface area contributed by atoms with E-state index in [9.17, 15) is 4.79 Å². The van der Waals surface area contributed by atoms with Gasteiger partial charge in [0.05, 0.1) is 5.69 Å². The predicted octanol–water partition coefficient (Wildman–Crippen LogP) is 4.42. The zero-order valence-corrected chi connectivity index (χ0v) is 15.9. The minimum atomic E-state index is -0.229. The van der Waals surface area contributed by atoms with Crippen LogP contribution in [0.25, 0.3) is 11.1 Å². The lowest BCUT2D eigenvalue weighted by Crippen LogP contribution is -2.34. The van der Waals surface area contributed by atoms with Gasteiger partial charge in [0.1, 0.15) is 0 Å². The molecule has 6 heteroatoms. The molecule has 0 bridgehead atoms. The quantitative estimate of drug-likeness (QED) is 0.486. The Balaban J connectivity index is 1.72. The van der Waals surface area contributed by atoms with Gasteiger partial charge in [-0.2, -0.15) is 0 Å². The Kier molecular flexibility index (Phi) is 5.48. The summed E-state index contributed by atoms with van der Waals surface area (Å²) >= 11 is 7.86. The van der Waals surface area contributed by atoms with Gasteiger partial charge in [0.25, 0.3) is 0 Å². The Labute approximate surface area is 155 Å². The molecule has 2 aromatic carbocycles. The molecule has 126 valence electrons. The average molecular weight is 407 g/mol.